The minimum absolute atomic E-state index is 0. The number of nitrogens with zero attached hydrogens (tertiary/aromatic N) is 7. The minimum atomic E-state index is -0.570. The minimum Gasteiger partial charge on any atom is -0.545 e. The van der Waals surface area contributed by atoms with E-state index < -0.39 is 11.8 Å². The Hall–Kier alpha value is -3.88. The van der Waals surface area contributed by atoms with Gasteiger partial charge in [-0.25, -0.2) is 4.98 Å². The van der Waals surface area contributed by atoms with Gasteiger partial charge in [0.25, 0.3) is 5.91 Å². The van der Waals surface area contributed by atoms with E-state index in [2.05, 4.69) is 37.4 Å². The number of morpholine rings is 1. The topological polar surface area (TPSA) is 219 Å². The number of rotatable bonds is 14. The van der Waals surface area contributed by atoms with Gasteiger partial charge >= 0.3 is 58.2 Å². The summed E-state index contributed by atoms with van der Waals surface area (Å²) in [6.07, 6.45) is 4.78. The van der Waals surface area contributed by atoms with Crippen LogP contribution in [-0.2, 0) is 29.2 Å². The first-order valence-corrected chi connectivity index (χ1v) is 19.0. The summed E-state index contributed by atoms with van der Waals surface area (Å²) in [6, 6.07) is 10.2. The number of benzene rings is 2. The molecule has 0 aliphatic carbocycles. The second-order valence-corrected chi connectivity index (χ2v) is 14.6. The van der Waals surface area contributed by atoms with Gasteiger partial charge in [0, 0.05) is 70.5 Å². The molecule has 2 aromatic carbocycles. The van der Waals surface area contributed by atoms with Crippen molar-refractivity contribution in [3.05, 3.63) is 75.9 Å². The number of hydrogen-bond acceptors (Lipinski definition) is 12. The number of imidazole rings is 1. The maximum absolute atomic E-state index is 13.4. The second-order valence-electron chi connectivity index (χ2n) is 13.6. The molecule has 0 bridgehead atoms. The third-order valence-electron chi connectivity index (χ3n) is 9.69. The molecule has 2 aliphatic rings. The Kier molecular flexibility index (Phi) is 15.3. The molecule has 0 radical (unpaired) electrons. The second kappa shape index (κ2) is 19.7. The molecular formula is C38H46N11O6RbS. The third-order valence-corrected chi connectivity index (χ3v) is 10.8. The molecule has 0 saturated carbocycles. The van der Waals surface area contributed by atoms with Crippen molar-refractivity contribution in [1.82, 2.24) is 34.1 Å². The van der Waals surface area contributed by atoms with E-state index in [0.29, 0.717) is 65.8 Å². The summed E-state index contributed by atoms with van der Waals surface area (Å²) in [5, 5.41) is 10.8. The van der Waals surface area contributed by atoms with Gasteiger partial charge in [-0.15, -0.1) is 0 Å². The summed E-state index contributed by atoms with van der Waals surface area (Å²) >= 11 is 1.45. The molecule has 19 heteroatoms. The standard InChI is InChI=1S/C37H45N11O5S.CHO.Rb/c1-4-48-28(16-23(2)44-48)34(51)43-35-42-26-17-24(32(38)49)8-9-27(26)46(35)12-5-6-13-47-31-29(18-25(33(39)50)19-30(31)54-36(47)40-3)52-14-7-11-45-21-37(22-45)20-41-10-15-53-37;1-2;/h5-6,8-9,16-19,41H,4,7,10-15,20-22H2,1-3H3,(H2,38,49)(H2,39,50)(H,42,43,51);1H;/q;-1;+1/b6-5+,40-36?;;. The Labute approximate surface area is 382 Å². The number of carbonyl (C=O) groups is 3. The van der Waals surface area contributed by atoms with Crippen LogP contribution in [0, 0.1) is 6.92 Å². The van der Waals surface area contributed by atoms with Crippen molar-refractivity contribution in [3.8, 4) is 5.75 Å². The number of aromatic nitrogens is 5. The van der Waals surface area contributed by atoms with Gasteiger partial charge in [0.2, 0.25) is 17.8 Å². The van der Waals surface area contributed by atoms with Crippen LogP contribution in [0.2, 0.25) is 0 Å². The quantitative estimate of drug-likeness (QED) is 0.0461. The fraction of sp³-hybridized carbons (Fsp3) is 0.395. The molecular weight excluding hydrogens is 824 g/mol. The first-order chi connectivity index (χ1) is 27.1. The molecule has 0 atom stereocenters. The molecule has 2 fully saturated rings. The van der Waals surface area contributed by atoms with E-state index in [1.54, 1.807) is 48.1 Å². The number of anilines is 1. The fourth-order valence-corrected chi connectivity index (χ4v) is 8.19. The van der Waals surface area contributed by atoms with Crippen molar-refractivity contribution in [1.29, 1.82) is 0 Å². The van der Waals surface area contributed by atoms with Gasteiger partial charge in [0.15, 0.2) is 4.80 Å². The van der Waals surface area contributed by atoms with Crippen LogP contribution < -0.4 is 89.8 Å². The van der Waals surface area contributed by atoms with Crippen LogP contribution >= 0.6 is 11.3 Å². The van der Waals surface area contributed by atoms with E-state index >= 15 is 0 Å². The van der Waals surface area contributed by atoms with Crippen LogP contribution in [0.1, 0.15) is 50.2 Å². The van der Waals surface area contributed by atoms with E-state index in [9.17, 15) is 14.4 Å². The summed E-state index contributed by atoms with van der Waals surface area (Å²) in [7, 11) is 1.73. The van der Waals surface area contributed by atoms with E-state index in [1.165, 1.54) is 11.3 Å². The van der Waals surface area contributed by atoms with Crippen molar-refractivity contribution >= 4 is 63.0 Å². The van der Waals surface area contributed by atoms with Crippen LogP contribution in [0.4, 0.5) is 5.95 Å². The number of ether oxygens (including phenoxy) is 2. The molecule has 1 spiro atoms. The van der Waals surface area contributed by atoms with Gasteiger partial charge in [0.05, 0.1) is 34.6 Å². The number of amides is 3. The maximum atomic E-state index is 13.4. The Morgan fingerprint density at radius 2 is 1.82 bits per heavy atom. The predicted octanol–water partition coefficient (Wildman–Crippen LogP) is -1.01. The number of hydrogen-bond donors (Lipinski definition) is 4. The zero-order valence-electron chi connectivity index (χ0n) is 32.6. The Balaban J connectivity index is 0.00000204. The SMILES string of the molecule is CCn1nc(C)cc1C(=O)Nc1nc2cc(C(N)=O)ccc2n1C/C=C/Cn1c(=NC)sc2cc(C(N)=O)cc(OCCCN3CC4(CNCCO4)C3)c21.[CH-]=O.[Rb+]. The predicted molar refractivity (Wildman–Crippen MR) is 213 cm³/mol. The third kappa shape index (κ3) is 9.88. The largest absolute Gasteiger partial charge is 1.00 e. The number of fused-ring (bicyclic) bond motifs is 2. The van der Waals surface area contributed by atoms with Crippen molar-refractivity contribution < 1.29 is 86.8 Å². The Bertz CT molecular complexity index is 2350. The number of carbonyl (C=O) groups excluding carboxylic acids is 4. The molecule has 5 aromatic rings. The van der Waals surface area contributed by atoms with Crippen molar-refractivity contribution in [3.63, 3.8) is 0 Å². The number of primary amides is 2. The van der Waals surface area contributed by atoms with Crippen LogP contribution in [0.5, 0.6) is 5.75 Å². The van der Waals surface area contributed by atoms with E-state index in [0.717, 1.165) is 66.5 Å². The summed E-state index contributed by atoms with van der Waals surface area (Å²) in [5.41, 5.74) is 15.1. The fourth-order valence-electron chi connectivity index (χ4n) is 7.13. The number of nitrogens with two attached hydrogens (primary N) is 2. The number of thiazole rings is 1. The number of allylic oxidation sites excluding steroid dienone is 2. The molecule has 5 heterocycles. The van der Waals surface area contributed by atoms with E-state index in [-0.39, 0.29) is 69.7 Å². The summed E-state index contributed by atoms with van der Waals surface area (Å²) in [6.45, 7) is 14.0. The zero-order valence-corrected chi connectivity index (χ0v) is 38.3. The van der Waals surface area contributed by atoms with Crippen LogP contribution in [0.3, 0.4) is 0 Å². The van der Waals surface area contributed by atoms with Gasteiger partial charge in [-0.2, -0.15) is 5.10 Å². The molecule has 2 saturated heterocycles. The van der Waals surface area contributed by atoms with E-state index in [4.69, 9.17) is 25.7 Å². The summed E-state index contributed by atoms with van der Waals surface area (Å²) < 4.78 is 18.8. The van der Waals surface area contributed by atoms with Crippen molar-refractivity contribution in [2.75, 3.05) is 58.3 Å². The van der Waals surface area contributed by atoms with Crippen LogP contribution in [0.15, 0.2) is 53.5 Å². The van der Waals surface area contributed by atoms with Crippen LogP contribution in [0.25, 0.3) is 21.3 Å². The molecule has 3 aromatic heterocycles. The van der Waals surface area contributed by atoms with Gasteiger partial charge in [-0.05, 0) is 56.7 Å². The average Bonchev–Trinajstić information content (AvgIpc) is 3.86. The molecule has 296 valence electrons. The first-order valence-electron chi connectivity index (χ1n) is 18.2. The Morgan fingerprint density at radius 3 is 2.49 bits per heavy atom. The maximum Gasteiger partial charge on any atom is 1.00 e. The normalized spacial score (nSPS) is 15.3. The van der Waals surface area contributed by atoms with Gasteiger partial charge < -0.3 is 40.2 Å². The summed E-state index contributed by atoms with van der Waals surface area (Å²) in [5.74, 6) is -0.574. The van der Waals surface area contributed by atoms with Crippen LogP contribution in [-0.4, -0.2) is 112 Å². The van der Waals surface area contributed by atoms with Crippen molar-refractivity contribution in [2.24, 2.45) is 16.5 Å². The molecule has 3 amide bonds. The Morgan fingerprint density at radius 1 is 1.09 bits per heavy atom. The molecule has 2 aliphatic heterocycles. The smallest absolute Gasteiger partial charge is 0.545 e. The van der Waals surface area contributed by atoms with Gasteiger partial charge in [-0.3, -0.25) is 41.1 Å². The zero-order chi connectivity index (χ0) is 40.0. The monoisotopic (exact) mass is 869 g/mol. The van der Waals surface area contributed by atoms with Gasteiger partial charge in [0.1, 0.15) is 22.6 Å². The molecule has 17 nitrogen and oxygen atoms in total. The molecule has 57 heavy (non-hydrogen) atoms. The molecule has 0 unspecified atom stereocenters. The molecule has 7 rings (SSSR count). The molecule has 6 N–H and O–H groups in total. The number of nitrogens with one attached hydrogen (secondary N) is 2. The summed E-state index contributed by atoms with van der Waals surface area (Å²) in [4.78, 5) is 57.7. The number of likely N-dealkylation sites (tertiary alicyclic amines) is 1. The van der Waals surface area contributed by atoms with Gasteiger partial charge in [-0.1, -0.05) is 23.5 Å². The average molecular weight is 870 g/mol. The van der Waals surface area contributed by atoms with E-state index in [1.807, 2.05) is 35.1 Å². The first kappa shape index (κ1) is 44.2. The van der Waals surface area contributed by atoms with Crippen molar-refractivity contribution in [2.45, 2.75) is 45.5 Å². The number of aryl methyl sites for hydroxylation is 2.